The summed E-state index contributed by atoms with van der Waals surface area (Å²) in [5.41, 5.74) is 3.16. The van der Waals surface area contributed by atoms with Gasteiger partial charge in [-0.2, -0.15) is 0 Å². The van der Waals surface area contributed by atoms with Crippen molar-refractivity contribution in [2.45, 2.75) is 25.2 Å². The number of piperazine rings is 1. The minimum absolute atomic E-state index is 0. The van der Waals surface area contributed by atoms with E-state index in [1.807, 2.05) is 36.4 Å². The normalized spacial score (nSPS) is 13.4. The van der Waals surface area contributed by atoms with Crippen LogP contribution in [0.4, 0.5) is 5.69 Å². The van der Waals surface area contributed by atoms with Crippen molar-refractivity contribution in [3.63, 3.8) is 0 Å². The van der Waals surface area contributed by atoms with Gasteiger partial charge in [-0.15, -0.1) is 24.8 Å². The Balaban J connectivity index is 0.00000264. The second-order valence-electron chi connectivity index (χ2n) is 10.3. The number of anilines is 1. The summed E-state index contributed by atoms with van der Waals surface area (Å²) in [5.74, 6) is 0.00907. The van der Waals surface area contributed by atoms with Crippen LogP contribution in [-0.4, -0.2) is 65.2 Å². The fourth-order valence-electron chi connectivity index (χ4n) is 5.22. The first-order chi connectivity index (χ1) is 20.4. The van der Waals surface area contributed by atoms with Gasteiger partial charge in [-0.25, -0.2) is 13.2 Å². The van der Waals surface area contributed by atoms with Crippen molar-refractivity contribution in [3.8, 4) is 16.9 Å². The summed E-state index contributed by atoms with van der Waals surface area (Å²) in [5, 5.41) is 5.50. The molecule has 1 heterocycles. The molecule has 0 spiro atoms. The van der Waals surface area contributed by atoms with E-state index in [1.165, 1.54) is 12.1 Å². The molecule has 4 aromatic carbocycles. The van der Waals surface area contributed by atoms with E-state index in [1.54, 1.807) is 31.2 Å². The maximum atomic E-state index is 13.5. The van der Waals surface area contributed by atoms with Crippen LogP contribution in [0.25, 0.3) is 21.9 Å². The number of rotatable bonds is 11. The van der Waals surface area contributed by atoms with Crippen LogP contribution in [0.3, 0.4) is 0 Å². The van der Waals surface area contributed by atoms with Crippen LogP contribution in [-0.2, 0) is 14.8 Å². The molecule has 11 heteroatoms. The van der Waals surface area contributed by atoms with Gasteiger partial charge in [-0.3, -0.25) is 4.72 Å². The molecule has 0 aromatic heterocycles. The van der Waals surface area contributed by atoms with Gasteiger partial charge in [0.1, 0.15) is 5.75 Å². The van der Waals surface area contributed by atoms with Crippen molar-refractivity contribution < 1.29 is 22.7 Å². The van der Waals surface area contributed by atoms with Crippen molar-refractivity contribution in [1.82, 2.24) is 10.2 Å². The fraction of sp³-hybridized carbons (Fsp3) is 0.303. The minimum atomic E-state index is -4.01. The summed E-state index contributed by atoms with van der Waals surface area (Å²) in [7, 11) is -4.01. The number of ether oxygens (including phenoxy) is 2. The smallest absolute Gasteiger partial charge is 0.340 e. The maximum absolute atomic E-state index is 13.5. The summed E-state index contributed by atoms with van der Waals surface area (Å²) in [4.78, 5) is 15.3. The number of esters is 1. The number of aryl methyl sites for hydroxylation is 1. The summed E-state index contributed by atoms with van der Waals surface area (Å²) >= 11 is 0. The summed E-state index contributed by atoms with van der Waals surface area (Å²) in [6, 6.07) is 23.6. The van der Waals surface area contributed by atoms with Gasteiger partial charge in [0.25, 0.3) is 10.0 Å². The molecule has 44 heavy (non-hydrogen) atoms. The highest BCUT2D eigenvalue weighted by Gasteiger charge is 2.21. The molecule has 0 bridgehead atoms. The third kappa shape index (κ3) is 8.43. The first-order valence-electron chi connectivity index (χ1n) is 14.3. The Bertz CT molecular complexity index is 1660. The molecule has 0 unspecified atom stereocenters. The molecule has 0 radical (unpaired) electrons. The second kappa shape index (κ2) is 16.1. The molecule has 0 aliphatic carbocycles. The van der Waals surface area contributed by atoms with Crippen LogP contribution in [0, 0.1) is 6.92 Å². The average Bonchev–Trinajstić information content (AvgIpc) is 3.00. The van der Waals surface area contributed by atoms with Crippen molar-refractivity contribution in [3.05, 3.63) is 90.0 Å². The van der Waals surface area contributed by atoms with Gasteiger partial charge in [-0.1, -0.05) is 42.5 Å². The van der Waals surface area contributed by atoms with Crippen LogP contribution >= 0.6 is 24.8 Å². The van der Waals surface area contributed by atoms with Crippen molar-refractivity contribution >= 4 is 57.3 Å². The number of hydrogen-bond donors (Lipinski definition) is 2. The van der Waals surface area contributed by atoms with Gasteiger partial charge in [-0.05, 0) is 84.1 Å². The lowest BCUT2D eigenvalue weighted by atomic mass is 9.94. The molecule has 4 aromatic rings. The number of nitrogens with one attached hydrogen (secondary N) is 2. The largest absolute Gasteiger partial charge is 0.494 e. The number of hydrogen-bond acceptors (Lipinski definition) is 7. The lowest BCUT2D eigenvalue weighted by molar-refractivity contribution is 0.0527. The van der Waals surface area contributed by atoms with Crippen LogP contribution < -0.4 is 14.8 Å². The molecule has 1 fully saturated rings. The van der Waals surface area contributed by atoms with Gasteiger partial charge in [0.05, 0.1) is 29.4 Å². The van der Waals surface area contributed by atoms with Crippen molar-refractivity contribution in [2.24, 2.45) is 0 Å². The number of halogens is 2. The summed E-state index contributed by atoms with van der Waals surface area (Å²) in [6.45, 7) is 9.58. The highest BCUT2D eigenvalue weighted by atomic mass is 35.5. The van der Waals surface area contributed by atoms with Crippen molar-refractivity contribution in [2.75, 3.05) is 50.7 Å². The Hall–Kier alpha value is -3.34. The van der Waals surface area contributed by atoms with E-state index < -0.39 is 16.0 Å². The van der Waals surface area contributed by atoms with Crippen LogP contribution in [0.5, 0.6) is 5.75 Å². The van der Waals surface area contributed by atoms with Gasteiger partial charge in [0, 0.05) is 32.7 Å². The third-order valence-corrected chi connectivity index (χ3v) is 8.82. The first-order valence-corrected chi connectivity index (χ1v) is 15.8. The molecule has 2 N–H and O–H groups in total. The number of nitrogens with zero attached hydrogens (tertiary/aromatic N) is 1. The highest BCUT2D eigenvalue weighted by Crippen LogP contribution is 2.34. The first kappa shape index (κ1) is 35.1. The SMILES string of the molecule is CCOC(=O)c1ccc(-c2ccc(C)c3ccccc23)cc1NS(=O)(=O)c1ccc(OCCCN2CCNCC2)cc1.Cl.Cl. The second-order valence-corrected chi connectivity index (χ2v) is 12.0. The Kier molecular flexibility index (Phi) is 12.9. The highest BCUT2D eigenvalue weighted by molar-refractivity contribution is 7.92. The monoisotopic (exact) mass is 659 g/mol. The molecule has 1 aliphatic rings. The number of fused-ring (bicyclic) bond motifs is 1. The number of carbonyl (C=O) groups is 1. The number of carbonyl (C=O) groups excluding carboxylic acids is 1. The third-order valence-electron chi connectivity index (χ3n) is 7.44. The van der Waals surface area contributed by atoms with E-state index >= 15 is 0 Å². The zero-order valence-corrected chi connectivity index (χ0v) is 27.3. The minimum Gasteiger partial charge on any atom is -0.494 e. The topological polar surface area (TPSA) is 97.0 Å². The lowest BCUT2D eigenvalue weighted by Crippen LogP contribution is -2.43. The van der Waals surface area contributed by atoms with Crippen molar-refractivity contribution in [1.29, 1.82) is 0 Å². The van der Waals surface area contributed by atoms with Gasteiger partial charge in [0.15, 0.2) is 0 Å². The van der Waals surface area contributed by atoms with Crippen LogP contribution in [0.15, 0.2) is 83.8 Å². The molecular formula is C33H39Cl2N3O5S. The van der Waals surface area contributed by atoms with Crippen LogP contribution in [0.1, 0.15) is 29.3 Å². The summed E-state index contributed by atoms with van der Waals surface area (Å²) in [6.07, 6.45) is 0.894. The Morgan fingerprint density at radius 3 is 2.34 bits per heavy atom. The van der Waals surface area contributed by atoms with Gasteiger partial charge < -0.3 is 19.7 Å². The molecule has 0 amide bonds. The standard InChI is InChI=1S/C33H37N3O5S.2ClH/c1-3-40-33(37)31-16-10-25(29-15-9-24(2)28-7-4-5-8-30(28)29)23-32(31)35-42(38,39)27-13-11-26(12-14-27)41-22-6-19-36-20-17-34-18-21-36;;/h4-5,7-16,23,34-35H,3,6,17-22H2,1-2H3;2*1H. The Morgan fingerprint density at radius 1 is 0.932 bits per heavy atom. The molecule has 0 atom stereocenters. The molecule has 0 saturated carbocycles. The van der Waals surface area contributed by atoms with E-state index in [0.717, 1.165) is 66.6 Å². The number of sulfonamides is 1. The van der Waals surface area contributed by atoms with E-state index in [9.17, 15) is 13.2 Å². The average molecular weight is 661 g/mol. The fourth-order valence-corrected chi connectivity index (χ4v) is 6.29. The zero-order valence-electron chi connectivity index (χ0n) is 24.9. The maximum Gasteiger partial charge on any atom is 0.340 e. The zero-order chi connectivity index (χ0) is 29.5. The predicted octanol–water partition coefficient (Wildman–Crippen LogP) is 6.31. The Labute approximate surface area is 272 Å². The molecule has 1 aliphatic heterocycles. The summed E-state index contributed by atoms with van der Waals surface area (Å²) < 4.78 is 40.7. The molecular weight excluding hydrogens is 621 g/mol. The van der Waals surface area contributed by atoms with Gasteiger partial charge in [0.2, 0.25) is 0 Å². The molecule has 1 saturated heterocycles. The lowest BCUT2D eigenvalue weighted by Gasteiger charge is -2.26. The van der Waals surface area contributed by atoms with E-state index in [-0.39, 0.29) is 47.6 Å². The number of benzene rings is 4. The van der Waals surface area contributed by atoms with E-state index in [0.29, 0.717) is 12.4 Å². The van der Waals surface area contributed by atoms with E-state index in [2.05, 4.69) is 27.9 Å². The molecule has 5 rings (SSSR count). The Morgan fingerprint density at radius 2 is 1.64 bits per heavy atom. The molecule has 8 nitrogen and oxygen atoms in total. The van der Waals surface area contributed by atoms with E-state index in [4.69, 9.17) is 9.47 Å². The van der Waals surface area contributed by atoms with Crippen LogP contribution in [0.2, 0.25) is 0 Å². The predicted molar refractivity (Wildman–Crippen MR) is 181 cm³/mol. The quantitative estimate of drug-likeness (QED) is 0.144. The molecule has 236 valence electrons. The van der Waals surface area contributed by atoms with Gasteiger partial charge >= 0.3 is 5.97 Å².